The van der Waals surface area contributed by atoms with Gasteiger partial charge >= 0.3 is 12.0 Å². The topological polar surface area (TPSA) is 99.2 Å². The van der Waals surface area contributed by atoms with E-state index in [-0.39, 0.29) is 11.9 Å². The predicted molar refractivity (Wildman–Crippen MR) is 127 cm³/mol. The van der Waals surface area contributed by atoms with E-state index < -0.39 is 16.8 Å². The quantitative estimate of drug-likeness (QED) is 0.687. The fraction of sp³-hybridized carbons (Fsp3) is 0.654. The standard InChI is InChI=1S/C26H35N3O5/c30-22-26(9-3-4-10-26)20-5-1-2-6-21(20)29(22)24(33)27-17-19-7-13-28(14-8-19)18-25(23(31)32)11-15-34-16-12-25/h1-2,5-6,19H,3-4,7-18H2,(H,27,33)(H,31,32). The SMILES string of the molecule is O=C(NCC1CCN(CC2(C(=O)O)CCOCC2)CC1)N1C(=O)C2(CCCC2)c2ccccc21. The lowest BCUT2D eigenvalue weighted by molar-refractivity contribution is -0.157. The molecular formula is C26H35N3O5. The van der Waals surface area contributed by atoms with Crippen molar-refractivity contribution in [2.24, 2.45) is 11.3 Å². The molecule has 5 rings (SSSR count). The molecular weight excluding hydrogens is 434 g/mol. The Morgan fingerprint density at radius 2 is 1.74 bits per heavy atom. The Morgan fingerprint density at radius 3 is 2.41 bits per heavy atom. The number of para-hydroxylation sites is 1. The maximum atomic E-state index is 13.4. The van der Waals surface area contributed by atoms with Gasteiger partial charge in [-0.25, -0.2) is 9.69 Å². The van der Waals surface area contributed by atoms with E-state index >= 15 is 0 Å². The number of carbonyl (C=O) groups excluding carboxylic acids is 2. The second kappa shape index (κ2) is 9.30. The maximum absolute atomic E-state index is 13.4. The average molecular weight is 470 g/mol. The highest BCUT2D eigenvalue weighted by molar-refractivity contribution is 6.22. The van der Waals surface area contributed by atoms with Crippen molar-refractivity contribution in [2.45, 2.75) is 56.8 Å². The normalized spacial score (nSPS) is 24.4. The first-order valence-corrected chi connectivity index (χ1v) is 12.7. The summed E-state index contributed by atoms with van der Waals surface area (Å²) in [6.07, 6.45) is 6.59. The van der Waals surface area contributed by atoms with Gasteiger partial charge in [-0.15, -0.1) is 0 Å². The minimum Gasteiger partial charge on any atom is -0.481 e. The third-order valence-corrected chi connectivity index (χ3v) is 8.61. The number of likely N-dealkylation sites (tertiary alicyclic amines) is 1. The van der Waals surface area contributed by atoms with Crippen LogP contribution in [0.15, 0.2) is 24.3 Å². The van der Waals surface area contributed by atoms with Gasteiger partial charge in [0.15, 0.2) is 0 Å². The molecule has 1 aromatic carbocycles. The number of benzene rings is 1. The van der Waals surface area contributed by atoms with E-state index in [1.165, 1.54) is 4.90 Å². The third kappa shape index (κ3) is 4.01. The van der Waals surface area contributed by atoms with Crippen LogP contribution >= 0.6 is 0 Å². The molecule has 3 amide bonds. The lowest BCUT2D eigenvalue weighted by Gasteiger charge is -2.40. The summed E-state index contributed by atoms with van der Waals surface area (Å²) in [5.41, 5.74) is 0.501. The molecule has 1 spiro atoms. The molecule has 0 radical (unpaired) electrons. The summed E-state index contributed by atoms with van der Waals surface area (Å²) in [5, 5.41) is 12.9. The molecule has 0 unspecified atom stereocenters. The Morgan fingerprint density at radius 1 is 1.06 bits per heavy atom. The van der Waals surface area contributed by atoms with Crippen LogP contribution in [0.2, 0.25) is 0 Å². The number of piperidine rings is 1. The average Bonchev–Trinajstić information content (AvgIpc) is 3.44. The molecule has 3 heterocycles. The summed E-state index contributed by atoms with van der Waals surface area (Å²) in [6, 6.07) is 7.40. The van der Waals surface area contributed by atoms with E-state index in [1.54, 1.807) is 0 Å². The maximum Gasteiger partial charge on any atom is 0.328 e. The Balaban J connectivity index is 1.16. The number of urea groups is 1. The molecule has 8 nitrogen and oxygen atoms in total. The van der Waals surface area contributed by atoms with E-state index in [9.17, 15) is 19.5 Å². The number of carbonyl (C=O) groups is 3. The van der Waals surface area contributed by atoms with Gasteiger partial charge < -0.3 is 20.1 Å². The Labute approximate surface area is 200 Å². The minimum atomic E-state index is -0.721. The van der Waals surface area contributed by atoms with Gasteiger partial charge in [0, 0.05) is 26.3 Å². The molecule has 1 saturated carbocycles. The second-order valence-corrected chi connectivity index (χ2v) is 10.6. The van der Waals surface area contributed by atoms with Gasteiger partial charge in [-0.1, -0.05) is 31.0 Å². The molecule has 0 atom stereocenters. The van der Waals surface area contributed by atoms with Gasteiger partial charge in [0.2, 0.25) is 5.91 Å². The molecule has 2 N–H and O–H groups in total. The van der Waals surface area contributed by atoms with Crippen LogP contribution in [0.25, 0.3) is 0 Å². The van der Waals surface area contributed by atoms with Crippen molar-refractivity contribution in [1.29, 1.82) is 0 Å². The van der Waals surface area contributed by atoms with Crippen LogP contribution in [0.5, 0.6) is 0 Å². The van der Waals surface area contributed by atoms with Gasteiger partial charge in [-0.05, 0) is 69.2 Å². The van der Waals surface area contributed by atoms with Crippen LogP contribution in [-0.4, -0.2) is 67.3 Å². The number of imide groups is 1. The largest absolute Gasteiger partial charge is 0.481 e. The van der Waals surface area contributed by atoms with E-state index in [0.29, 0.717) is 45.1 Å². The van der Waals surface area contributed by atoms with Gasteiger partial charge in [-0.2, -0.15) is 0 Å². The van der Waals surface area contributed by atoms with Crippen molar-refractivity contribution >= 4 is 23.6 Å². The molecule has 1 aliphatic carbocycles. The van der Waals surface area contributed by atoms with Crippen LogP contribution < -0.4 is 10.2 Å². The number of nitrogens with one attached hydrogen (secondary N) is 1. The first kappa shape index (κ1) is 23.3. The van der Waals surface area contributed by atoms with E-state index in [4.69, 9.17) is 4.74 Å². The summed E-state index contributed by atoms with van der Waals surface area (Å²) in [4.78, 5) is 42.1. The molecule has 0 bridgehead atoms. The van der Waals surface area contributed by atoms with E-state index in [0.717, 1.165) is 62.9 Å². The molecule has 184 valence electrons. The summed E-state index contributed by atoms with van der Waals surface area (Å²) >= 11 is 0. The number of hydrogen-bond acceptors (Lipinski definition) is 5. The number of anilines is 1. The molecule has 2 saturated heterocycles. The molecule has 0 aromatic heterocycles. The second-order valence-electron chi connectivity index (χ2n) is 10.6. The molecule has 3 aliphatic heterocycles. The van der Waals surface area contributed by atoms with Crippen molar-refractivity contribution in [1.82, 2.24) is 10.2 Å². The number of amides is 3. The van der Waals surface area contributed by atoms with Gasteiger partial charge in [0.05, 0.1) is 16.5 Å². The van der Waals surface area contributed by atoms with Crippen LogP contribution in [-0.2, 0) is 19.7 Å². The minimum absolute atomic E-state index is 0.0750. The first-order valence-electron chi connectivity index (χ1n) is 12.7. The van der Waals surface area contributed by atoms with Crippen LogP contribution in [0.1, 0.15) is 56.9 Å². The van der Waals surface area contributed by atoms with Crippen molar-refractivity contribution in [3.05, 3.63) is 29.8 Å². The highest BCUT2D eigenvalue weighted by atomic mass is 16.5. The Bertz CT molecular complexity index is 944. The summed E-state index contributed by atoms with van der Waals surface area (Å²) in [7, 11) is 0. The lowest BCUT2D eigenvalue weighted by Crippen LogP contribution is -2.50. The number of carboxylic acid groups (broad SMARTS) is 1. The lowest BCUT2D eigenvalue weighted by atomic mass is 9.79. The number of fused-ring (bicyclic) bond motifs is 2. The number of ether oxygens (including phenoxy) is 1. The summed E-state index contributed by atoms with van der Waals surface area (Å²) in [6.45, 7) is 3.76. The van der Waals surface area contributed by atoms with Crippen molar-refractivity contribution < 1.29 is 24.2 Å². The Kier molecular flexibility index (Phi) is 6.37. The van der Waals surface area contributed by atoms with E-state index in [2.05, 4.69) is 10.2 Å². The van der Waals surface area contributed by atoms with Crippen LogP contribution in [0.3, 0.4) is 0 Å². The van der Waals surface area contributed by atoms with Crippen molar-refractivity contribution in [3.8, 4) is 0 Å². The fourth-order valence-electron chi connectivity index (χ4n) is 6.46. The zero-order chi connectivity index (χ0) is 23.8. The monoisotopic (exact) mass is 469 g/mol. The Hall–Kier alpha value is -2.45. The zero-order valence-corrected chi connectivity index (χ0v) is 19.8. The number of aliphatic carboxylic acids is 1. The fourth-order valence-corrected chi connectivity index (χ4v) is 6.46. The molecule has 3 fully saturated rings. The van der Waals surface area contributed by atoms with Crippen LogP contribution in [0, 0.1) is 11.3 Å². The number of rotatable bonds is 5. The number of nitrogens with zero attached hydrogens (tertiary/aromatic N) is 2. The number of hydrogen-bond donors (Lipinski definition) is 2. The van der Waals surface area contributed by atoms with Gasteiger partial charge in [0.25, 0.3) is 0 Å². The smallest absolute Gasteiger partial charge is 0.328 e. The first-order chi connectivity index (χ1) is 16.5. The highest BCUT2D eigenvalue weighted by Crippen LogP contribution is 2.51. The molecule has 4 aliphatic rings. The summed E-state index contributed by atoms with van der Waals surface area (Å²) in [5.74, 6) is -0.473. The predicted octanol–water partition coefficient (Wildman–Crippen LogP) is 3.15. The molecule has 1 aromatic rings. The molecule has 34 heavy (non-hydrogen) atoms. The third-order valence-electron chi connectivity index (χ3n) is 8.61. The van der Waals surface area contributed by atoms with Crippen LogP contribution in [0.4, 0.5) is 10.5 Å². The number of carboxylic acids is 1. The van der Waals surface area contributed by atoms with Gasteiger partial charge in [0.1, 0.15) is 0 Å². The molecule has 8 heteroatoms. The van der Waals surface area contributed by atoms with E-state index in [1.807, 2.05) is 24.3 Å². The summed E-state index contributed by atoms with van der Waals surface area (Å²) < 4.78 is 5.39. The van der Waals surface area contributed by atoms with Gasteiger partial charge in [-0.3, -0.25) is 9.59 Å². The zero-order valence-electron chi connectivity index (χ0n) is 19.8. The van der Waals surface area contributed by atoms with Crippen molar-refractivity contribution in [2.75, 3.05) is 44.3 Å². The van der Waals surface area contributed by atoms with Crippen molar-refractivity contribution in [3.63, 3.8) is 0 Å². The highest BCUT2D eigenvalue weighted by Gasteiger charge is 2.53.